The first kappa shape index (κ1) is 13.9. The van der Waals surface area contributed by atoms with E-state index in [2.05, 4.69) is 52.3 Å². The molecule has 4 heteroatoms. The van der Waals surface area contributed by atoms with E-state index < -0.39 is 0 Å². The van der Waals surface area contributed by atoms with Crippen LogP contribution in [-0.2, 0) is 6.42 Å². The largest absolute Gasteiger partial charge is 0.374 e. The van der Waals surface area contributed by atoms with Gasteiger partial charge in [-0.3, -0.25) is 0 Å². The van der Waals surface area contributed by atoms with Crippen molar-refractivity contribution in [2.45, 2.75) is 6.42 Å². The van der Waals surface area contributed by atoms with Crippen LogP contribution in [0.15, 0.2) is 22.7 Å². The molecule has 0 saturated carbocycles. The number of nitrogens with two attached hydrogens (primary N) is 1. The number of benzene rings is 1. The van der Waals surface area contributed by atoms with Crippen LogP contribution in [0.1, 0.15) is 5.56 Å². The van der Waals surface area contributed by atoms with Gasteiger partial charge in [0.05, 0.1) is 0 Å². The first-order valence-corrected chi connectivity index (χ1v) is 7.56. The second-order valence-electron chi connectivity index (χ2n) is 3.73. The number of thioether (sulfide) groups is 1. The van der Waals surface area contributed by atoms with Gasteiger partial charge in [-0.1, -0.05) is 22.0 Å². The normalized spacial score (nSPS) is 10.5. The molecule has 16 heavy (non-hydrogen) atoms. The van der Waals surface area contributed by atoms with Gasteiger partial charge in [-0.05, 0) is 36.9 Å². The van der Waals surface area contributed by atoms with Crippen molar-refractivity contribution in [3.8, 4) is 0 Å². The molecule has 0 aliphatic rings. The molecule has 0 aliphatic heterocycles. The Morgan fingerprint density at radius 3 is 2.81 bits per heavy atom. The van der Waals surface area contributed by atoms with Crippen LogP contribution in [0.4, 0.5) is 5.69 Å². The molecule has 0 unspecified atom stereocenters. The van der Waals surface area contributed by atoms with Crippen LogP contribution in [0.3, 0.4) is 0 Å². The van der Waals surface area contributed by atoms with Gasteiger partial charge in [0.1, 0.15) is 0 Å². The lowest BCUT2D eigenvalue weighted by atomic mass is 10.1. The number of anilines is 1. The molecule has 0 radical (unpaired) electrons. The van der Waals surface area contributed by atoms with Crippen molar-refractivity contribution in [2.75, 3.05) is 37.0 Å². The van der Waals surface area contributed by atoms with E-state index in [-0.39, 0.29) is 0 Å². The summed E-state index contributed by atoms with van der Waals surface area (Å²) in [5.74, 6) is 1.14. The van der Waals surface area contributed by atoms with Gasteiger partial charge < -0.3 is 10.6 Å². The fourth-order valence-corrected chi connectivity index (χ4v) is 2.41. The SMILES string of the molecule is CSCCN(C)c1cc(Br)ccc1CCN. The molecule has 1 aromatic rings. The Kier molecular flexibility index (Phi) is 6.24. The molecule has 0 amide bonds. The molecule has 2 N–H and O–H groups in total. The predicted octanol–water partition coefficient (Wildman–Crippen LogP) is 2.75. The Bertz CT molecular complexity index is 331. The zero-order valence-corrected chi connectivity index (χ0v) is 12.3. The smallest absolute Gasteiger partial charge is 0.0408 e. The second kappa shape index (κ2) is 7.20. The Morgan fingerprint density at radius 2 is 2.19 bits per heavy atom. The number of hydrogen-bond donors (Lipinski definition) is 1. The van der Waals surface area contributed by atoms with Gasteiger partial charge in [-0.15, -0.1) is 0 Å². The van der Waals surface area contributed by atoms with Gasteiger partial charge in [0.15, 0.2) is 0 Å². The van der Waals surface area contributed by atoms with E-state index in [4.69, 9.17) is 5.73 Å². The van der Waals surface area contributed by atoms with Crippen molar-refractivity contribution in [3.63, 3.8) is 0 Å². The first-order valence-electron chi connectivity index (χ1n) is 5.37. The topological polar surface area (TPSA) is 29.3 Å². The van der Waals surface area contributed by atoms with Crippen LogP contribution in [0.5, 0.6) is 0 Å². The highest BCUT2D eigenvalue weighted by Gasteiger charge is 2.07. The fraction of sp³-hybridized carbons (Fsp3) is 0.500. The summed E-state index contributed by atoms with van der Waals surface area (Å²) in [7, 11) is 2.14. The second-order valence-corrected chi connectivity index (χ2v) is 5.63. The zero-order chi connectivity index (χ0) is 12.0. The van der Waals surface area contributed by atoms with Crippen LogP contribution in [-0.4, -0.2) is 32.1 Å². The van der Waals surface area contributed by atoms with Gasteiger partial charge in [-0.25, -0.2) is 0 Å². The molecule has 2 nitrogen and oxygen atoms in total. The number of halogens is 1. The molecule has 0 aromatic heterocycles. The van der Waals surface area contributed by atoms with E-state index in [9.17, 15) is 0 Å². The van der Waals surface area contributed by atoms with E-state index in [0.717, 1.165) is 23.2 Å². The van der Waals surface area contributed by atoms with Crippen molar-refractivity contribution >= 4 is 33.4 Å². The molecule has 0 saturated heterocycles. The average molecular weight is 303 g/mol. The molecule has 0 heterocycles. The van der Waals surface area contributed by atoms with Crippen LogP contribution < -0.4 is 10.6 Å². The van der Waals surface area contributed by atoms with Crippen molar-refractivity contribution < 1.29 is 0 Å². The van der Waals surface area contributed by atoms with Crippen LogP contribution in [0, 0.1) is 0 Å². The van der Waals surface area contributed by atoms with Gasteiger partial charge in [-0.2, -0.15) is 11.8 Å². The molecule has 90 valence electrons. The van der Waals surface area contributed by atoms with E-state index in [1.807, 2.05) is 11.8 Å². The third-order valence-corrected chi connectivity index (χ3v) is 3.59. The number of nitrogens with zero attached hydrogens (tertiary/aromatic N) is 1. The Morgan fingerprint density at radius 1 is 1.44 bits per heavy atom. The van der Waals surface area contributed by atoms with Crippen LogP contribution in [0.2, 0.25) is 0 Å². The predicted molar refractivity (Wildman–Crippen MR) is 78.6 cm³/mol. The molecule has 0 spiro atoms. The fourth-order valence-electron chi connectivity index (χ4n) is 1.61. The lowest BCUT2D eigenvalue weighted by molar-refractivity contribution is 0.923. The Balaban J connectivity index is 2.85. The third kappa shape index (κ3) is 4.00. The molecular formula is C12H19BrN2S. The lowest BCUT2D eigenvalue weighted by Crippen LogP contribution is -2.22. The van der Waals surface area contributed by atoms with Crippen molar-refractivity contribution in [3.05, 3.63) is 28.2 Å². The summed E-state index contributed by atoms with van der Waals surface area (Å²) >= 11 is 5.39. The van der Waals surface area contributed by atoms with Gasteiger partial charge in [0.25, 0.3) is 0 Å². The molecule has 0 fully saturated rings. The molecule has 0 bridgehead atoms. The zero-order valence-electron chi connectivity index (χ0n) is 9.87. The number of rotatable bonds is 6. The minimum atomic E-state index is 0.699. The van der Waals surface area contributed by atoms with E-state index in [1.54, 1.807) is 0 Å². The summed E-state index contributed by atoms with van der Waals surface area (Å²) in [5.41, 5.74) is 8.25. The highest BCUT2D eigenvalue weighted by molar-refractivity contribution is 9.10. The number of hydrogen-bond acceptors (Lipinski definition) is 3. The van der Waals surface area contributed by atoms with Gasteiger partial charge in [0.2, 0.25) is 0 Å². The van der Waals surface area contributed by atoms with Crippen molar-refractivity contribution in [2.24, 2.45) is 5.73 Å². The van der Waals surface area contributed by atoms with E-state index in [0.29, 0.717) is 6.54 Å². The Hall–Kier alpha value is -0.190. The summed E-state index contributed by atoms with van der Waals surface area (Å²) in [6.45, 7) is 1.76. The lowest BCUT2D eigenvalue weighted by Gasteiger charge is -2.22. The molecule has 1 rings (SSSR count). The van der Waals surface area contributed by atoms with E-state index in [1.165, 1.54) is 11.3 Å². The maximum atomic E-state index is 5.63. The maximum Gasteiger partial charge on any atom is 0.0408 e. The molecular weight excluding hydrogens is 284 g/mol. The first-order chi connectivity index (χ1) is 7.69. The summed E-state index contributed by atoms with van der Waals surface area (Å²) in [4.78, 5) is 2.30. The maximum absolute atomic E-state index is 5.63. The monoisotopic (exact) mass is 302 g/mol. The van der Waals surface area contributed by atoms with E-state index >= 15 is 0 Å². The highest BCUT2D eigenvalue weighted by Crippen LogP contribution is 2.24. The Labute approximate surface area is 111 Å². The van der Waals surface area contributed by atoms with Crippen LogP contribution >= 0.6 is 27.7 Å². The third-order valence-electron chi connectivity index (χ3n) is 2.50. The van der Waals surface area contributed by atoms with Gasteiger partial charge >= 0.3 is 0 Å². The summed E-state index contributed by atoms with van der Waals surface area (Å²) in [5, 5.41) is 0. The van der Waals surface area contributed by atoms with Crippen molar-refractivity contribution in [1.29, 1.82) is 0 Å². The molecule has 0 atom stereocenters. The van der Waals surface area contributed by atoms with Gasteiger partial charge in [0, 0.05) is 29.5 Å². The summed E-state index contributed by atoms with van der Waals surface area (Å²) in [6, 6.07) is 6.41. The van der Waals surface area contributed by atoms with Crippen molar-refractivity contribution in [1.82, 2.24) is 0 Å². The average Bonchev–Trinajstić information content (AvgIpc) is 2.28. The summed E-state index contributed by atoms with van der Waals surface area (Å²) in [6.07, 6.45) is 3.07. The quantitative estimate of drug-likeness (QED) is 0.876. The molecule has 0 aliphatic carbocycles. The minimum Gasteiger partial charge on any atom is -0.374 e. The van der Waals surface area contributed by atoms with Crippen LogP contribution in [0.25, 0.3) is 0 Å². The molecule has 1 aromatic carbocycles. The summed E-state index contributed by atoms with van der Waals surface area (Å²) < 4.78 is 1.12. The highest BCUT2D eigenvalue weighted by atomic mass is 79.9. The minimum absolute atomic E-state index is 0.699. The standard InChI is InChI=1S/C12H19BrN2S/c1-15(7-8-16-2)12-9-11(13)4-3-10(12)5-6-14/h3-4,9H,5-8,14H2,1-2H3.